The largest absolute Gasteiger partial charge is 0.495 e. The SMILES string of the molecule is COc1ccc(Br)cc1S(=O)(=O)NC1CCNC1.Cl. The highest BCUT2D eigenvalue weighted by atomic mass is 79.9. The molecule has 1 aliphatic heterocycles. The minimum atomic E-state index is -3.55. The van der Waals surface area contributed by atoms with Crippen LogP contribution in [0.1, 0.15) is 6.42 Å². The summed E-state index contributed by atoms with van der Waals surface area (Å²) < 4.78 is 33.0. The maximum Gasteiger partial charge on any atom is 0.244 e. The standard InChI is InChI=1S/C11H15BrN2O3S.ClH/c1-17-10-3-2-8(12)6-11(10)18(15,16)14-9-4-5-13-7-9;/h2-3,6,9,13-14H,4-5,7H2,1H3;1H. The third kappa shape index (κ3) is 4.06. The number of methoxy groups -OCH3 is 1. The summed E-state index contributed by atoms with van der Waals surface area (Å²) >= 11 is 3.27. The van der Waals surface area contributed by atoms with Gasteiger partial charge in [-0.25, -0.2) is 13.1 Å². The van der Waals surface area contributed by atoms with Crippen molar-refractivity contribution in [3.8, 4) is 5.75 Å². The van der Waals surface area contributed by atoms with Gasteiger partial charge in [0.1, 0.15) is 10.6 Å². The van der Waals surface area contributed by atoms with Gasteiger partial charge in [-0.2, -0.15) is 0 Å². The molecular formula is C11H16BrClN2O3S. The van der Waals surface area contributed by atoms with E-state index in [2.05, 4.69) is 26.0 Å². The zero-order valence-electron chi connectivity index (χ0n) is 10.3. The van der Waals surface area contributed by atoms with Gasteiger partial charge in [-0.1, -0.05) is 15.9 Å². The van der Waals surface area contributed by atoms with E-state index in [9.17, 15) is 8.42 Å². The Morgan fingerprint density at radius 2 is 2.21 bits per heavy atom. The molecule has 0 radical (unpaired) electrons. The molecular weight excluding hydrogens is 356 g/mol. The van der Waals surface area contributed by atoms with Gasteiger partial charge in [-0.05, 0) is 31.2 Å². The van der Waals surface area contributed by atoms with Gasteiger partial charge < -0.3 is 10.1 Å². The van der Waals surface area contributed by atoms with Crippen LogP contribution in [0.25, 0.3) is 0 Å². The molecule has 0 amide bonds. The Labute approximate surface area is 127 Å². The van der Waals surface area contributed by atoms with E-state index in [4.69, 9.17) is 4.74 Å². The van der Waals surface area contributed by atoms with Gasteiger partial charge in [0.15, 0.2) is 0 Å². The summed E-state index contributed by atoms with van der Waals surface area (Å²) in [5, 5.41) is 3.12. The number of nitrogens with one attached hydrogen (secondary N) is 2. The number of halogens is 2. The van der Waals surface area contributed by atoms with Gasteiger partial charge >= 0.3 is 0 Å². The van der Waals surface area contributed by atoms with Crippen LogP contribution in [0.15, 0.2) is 27.6 Å². The van der Waals surface area contributed by atoms with Crippen LogP contribution in [0.5, 0.6) is 5.75 Å². The fourth-order valence-corrected chi connectivity index (χ4v) is 3.88. The van der Waals surface area contributed by atoms with Crippen LogP contribution in [0, 0.1) is 0 Å². The summed E-state index contributed by atoms with van der Waals surface area (Å²) in [5.74, 6) is 0.344. The van der Waals surface area contributed by atoms with E-state index in [0.717, 1.165) is 13.0 Å². The lowest BCUT2D eigenvalue weighted by Gasteiger charge is -2.14. The molecule has 1 saturated heterocycles. The van der Waals surface area contributed by atoms with E-state index in [1.54, 1.807) is 18.2 Å². The van der Waals surface area contributed by atoms with E-state index in [1.807, 2.05) is 0 Å². The molecule has 1 aromatic carbocycles. The lowest BCUT2D eigenvalue weighted by atomic mass is 10.3. The van der Waals surface area contributed by atoms with Crippen molar-refractivity contribution in [2.24, 2.45) is 0 Å². The number of sulfonamides is 1. The minimum Gasteiger partial charge on any atom is -0.495 e. The van der Waals surface area contributed by atoms with E-state index >= 15 is 0 Å². The van der Waals surface area contributed by atoms with Gasteiger partial charge in [0.2, 0.25) is 10.0 Å². The second kappa shape index (κ2) is 6.90. The quantitative estimate of drug-likeness (QED) is 0.842. The number of rotatable bonds is 4. The lowest BCUT2D eigenvalue weighted by Crippen LogP contribution is -2.36. The van der Waals surface area contributed by atoms with Crippen molar-refractivity contribution in [3.63, 3.8) is 0 Å². The first-order chi connectivity index (χ1) is 8.53. The molecule has 1 unspecified atom stereocenters. The second-order valence-corrected chi connectivity index (χ2v) is 6.70. The molecule has 0 aliphatic carbocycles. The predicted molar refractivity (Wildman–Crippen MR) is 79.5 cm³/mol. The smallest absolute Gasteiger partial charge is 0.244 e. The summed E-state index contributed by atoms with van der Waals surface area (Å²) in [6.45, 7) is 1.50. The Morgan fingerprint density at radius 3 is 2.79 bits per heavy atom. The van der Waals surface area contributed by atoms with E-state index < -0.39 is 10.0 Å². The summed E-state index contributed by atoms with van der Waals surface area (Å²) in [5.41, 5.74) is 0. The van der Waals surface area contributed by atoms with Gasteiger partial charge in [-0.15, -0.1) is 12.4 Å². The third-order valence-electron chi connectivity index (χ3n) is 2.80. The maximum atomic E-state index is 12.3. The Morgan fingerprint density at radius 1 is 1.47 bits per heavy atom. The van der Waals surface area contributed by atoms with Crippen molar-refractivity contribution in [1.82, 2.24) is 10.0 Å². The van der Waals surface area contributed by atoms with Crippen molar-refractivity contribution >= 4 is 38.4 Å². The molecule has 2 rings (SSSR count). The van der Waals surface area contributed by atoms with Crippen molar-refractivity contribution in [3.05, 3.63) is 22.7 Å². The molecule has 5 nitrogen and oxygen atoms in total. The molecule has 0 aromatic heterocycles. The monoisotopic (exact) mass is 370 g/mol. The summed E-state index contributed by atoms with van der Waals surface area (Å²) in [6, 6.07) is 4.86. The van der Waals surface area contributed by atoms with Gasteiger partial charge in [0, 0.05) is 17.1 Å². The highest BCUT2D eigenvalue weighted by Crippen LogP contribution is 2.27. The van der Waals surface area contributed by atoms with Crippen molar-refractivity contribution in [2.45, 2.75) is 17.4 Å². The Balaban J connectivity index is 0.00000180. The predicted octanol–water partition coefficient (Wildman–Crippen LogP) is 1.52. The first kappa shape index (κ1) is 16.7. The molecule has 2 N–H and O–H groups in total. The van der Waals surface area contributed by atoms with Crippen molar-refractivity contribution < 1.29 is 13.2 Å². The molecule has 0 saturated carbocycles. The van der Waals surface area contributed by atoms with Crippen LogP contribution < -0.4 is 14.8 Å². The average molecular weight is 372 g/mol. The van der Waals surface area contributed by atoms with Crippen LogP contribution in [0.2, 0.25) is 0 Å². The average Bonchev–Trinajstić information content (AvgIpc) is 2.81. The molecule has 1 heterocycles. The fraction of sp³-hybridized carbons (Fsp3) is 0.455. The number of benzene rings is 1. The highest BCUT2D eigenvalue weighted by molar-refractivity contribution is 9.10. The lowest BCUT2D eigenvalue weighted by molar-refractivity contribution is 0.402. The molecule has 19 heavy (non-hydrogen) atoms. The zero-order chi connectivity index (χ0) is 13.2. The van der Waals surface area contributed by atoms with Gasteiger partial charge in [0.05, 0.1) is 7.11 Å². The molecule has 8 heteroatoms. The second-order valence-electron chi connectivity index (χ2n) is 4.11. The van der Waals surface area contributed by atoms with Gasteiger partial charge in [-0.3, -0.25) is 0 Å². The van der Waals surface area contributed by atoms with Crippen LogP contribution in [0.4, 0.5) is 0 Å². The third-order valence-corrected chi connectivity index (χ3v) is 4.83. The molecule has 1 aliphatic rings. The molecule has 1 atom stereocenters. The first-order valence-corrected chi connectivity index (χ1v) is 7.87. The molecule has 108 valence electrons. The summed E-state index contributed by atoms with van der Waals surface area (Å²) in [7, 11) is -2.10. The van der Waals surface area contributed by atoms with Gasteiger partial charge in [0.25, 0.3) is 0 Å². The Hall–Kier alpha value is -0.340. The zero-order valence-corrected chi connectivity index (χ0v) is 13.6. The fourth-order valence-electron chi connectivity index (χ4n) is 1.90. The molecule has 0 bridgehead atoms. The van der Waals surface area contributed by atoms with Crippen LogP contribution in [-0.4, -0.2) is 34.7 Å². The summed E-state index contributed by atoms with van der Waals surface area (Å²) in [4.78, 5) is 0.159. The number of hydrogen-bond donors (Lipinski definition) is 2. The van der Waals surface area contributed by atoms with Crippen LogP contribution >= 0.6 is 28.3 Å². The number of hydrogen-bond acceptors (Lipinski definition) is 4. The molecule has 0 spiro atoms. The van der Waals surface area contributed by atoms with Crippen molar-refractivity contribution in [1.29, 1.82) is 0 Å². The van der Waals surface area contributed by atoms with E-state index in [1.165, 1.54) is 7.11 Å². The summed E-state index contributed by atoms with van der Waals surface area (Å²) in [6.07, 6.45) is 0.801. The Kier molecular flexibility index (Phi) is 6.07. The van der Waals surface area contributed by atoms with Crippen LogP contribution in [0.3, 0.4) is 0 Å². The number of ether oxygens (including phenoxy) is 1. The molecule has 1 aromatic rings. The molecule has 1 fully saturated rings. The minimum absolute atomic E-state index is 0. The Bertz CT molecular complexity index is 533. The van der Waals surface area contributed by atoms with Crippen molar-refractivity contribution in [2.75, 3.05) is 20.2 Å². The van der Waals surface area contributed by atoms with Crippen LogP contribution in [-0.2, 0) is 10.0 Å². The van der Waals surface area contributed by atoms with E-state index in [0.29, 0.717) is 16.8 Å². The van der Waals surface area contributed by atoms with E-state index in [-0.39, 0.29) is 23.3 Å². The first-order valence-electron chi connectivity index (χ1n) is 5.59. The topological polar surface area (TPSA) is 67.4 Å². The normalized spacial score (nSPS) is 18.9. The maximum absolute atomic E-state index is 12.3. The highest BCUT2D eigenvalue weighted by Gasteiger charge is 2.25.